The average Bonchev–Trinajstić information content (AvgIpc) is 3.25. The van der Waals surface area contributed by atoms with Crippen LogP contribution < -0.4 is 19.7 Å². The van der Waals surface area contributed by atoms with E-state index in [0.29, 0.717) is 52.1 Å². The number of rotatable bonds is 17. The van der Waals surface area contributed by atoms with E-state index in [0.717, 1.165) is 32.4 Å². The number of carbonyl (C=O) groups is 5. The fraction of sp³-hybridized carbons (Fsp3) is 0.390. The molecule has 0 radical (unpaired) electrons. The fourth-order valence-electron chi connectivity index (χ4n) is 5.63. The van der Waals surface area contributed by atoms with E-state index in [1.165, 1.54) is 24.7 Å². The van der Waals surface area contributed by atoms with Gasteiger partial charge in [0.25, 0.3) is 5.91 Å². The summed E-state index contributed by atoms with van der Waals surface area (Å²) >= 11 is 6.48. The van der Waals surface area contributed by atoms with Crippen molar-refractivity contribution in [1.82, 2.24) is 5.32 Å². The minimum atomic E-state index is -1.29. The third-order valence-corrected chi connectivity index (χ3v) is 8.21. The van der Waals surface area contributed by atoms with Crippen molar-refractivity contribution in [2.75, 3.05) is 45.4 Å². The maximum atomic E-state index is 14.0. The zero-order chi connectivity index (χ0) is 41.3. The summed E-state index contributed by atoms with van der Waals surface area (Å²) in [6, 6.07) is 20.8. The molecule has 0 spiro atoms. The Morgan fingerprint density at radius 3 is 2.20 bits per heavy atom. The van der Waals surface area contributed by atoms with Crippen molar-refractivity contribution in [3.63, 3.8) is 0 Å². The van der Waals surface area contributed by atoms with Crippen LogP contribution in [0.2, 0.25) is 5.02 Å². The first-order valence-corrected chi connectivity index (χ1v) is 18.2. The largest absolute Gasteiger partial charge is 0.492 e. The Kier molecular flexibility index (Phi) is 17.8. The molecular formula is C41H49ClN2O12. The number of methoxy groups -OCH3 is 2. The second kappa shape index (κ2) is 22.2. The number of carboxylic acids is 2. The van der Waals surface area contributed by atoms with E-state index in [1.54, 1.807) is 51.1 Å². The summed E-state index contributed by atoms with van der Waals surface area (Å²) in [5.74, 6) is -3.47. The van der Waals surface area contributed by atoms with Gasteiger partial charge in [0.1, 0.15) is 24.4 Å². The third kappa shape index (κ3) is 14.7. The molecule has 0 bridgehead atoms. The number of ether oxygens (including phenoxy) is 5. The van der Waals surface area contributed by atoms with E-state index >= 15 is 0 Å². The second-order valence-electron chi connectivity index (χ2n) is 13.4. The summed E-state index contributed by atoms with van der Waals surface area (Å²) in [6.07, 6.45) is 1.36. The highest BCUT2D eigenvalue weighted by atomic mass is 35.5. The lowest BCUT2D eigenvalue weighted by atomic mass is 9.98. The molecule has 302 valence electrons. The summed E-state index contributed by atoms with van der Waals surface area (Å²) in [7, 11) is 2.76. The molecule has 3 aromatic rings. The number of nitrogens with one attached hydrogen (secondary N) is 1. The van der Waals surface area contributed by atoms with Gasteiger partial charge in [0.2, 0.25) is 0 Å². The van der Waals surface area contributed by atoms with Gasteiger partial charge in [-0.15, -0.1) is 0 Å². The number of esters is 2. The number of hydrogen-bond acceptors (Lipinski definition) is 11. The van der Waals surface area contributed by atoms with Gasteiger partial charge in [-0.1, -0.05) is 54.1 Å². The second-order valence-corrected chi connectivity index (χ2v) is 13.9. The van der Waals surface area contributed by atoms with Gasteiger partial charge in [0.05, 0.1) is 32.9 Å². The Labute approximate surface area is 331 Å². The summed E-state index contributed by atoms with van der Waals surface area (Å²) in [5.41, 5.74) is 2.00. The monoisotopic (exact) mass is 796 g/mol. The number of amides is 1. The first-order chi connectivity index (χ1) is 26.6. The van der Waals surface area contributed by atoms with Crippen molar-refractivity contribution in [2.45, 2.75) is 64.3 Å². The standard InChI is InChI=1S/C37H45ClN2O8.C4H4O4/c1-37(2,3)48-33(42)24-40-29-18-17-26(38)22-28(29)34(47-31(36(40)43)23-32(41)44-4)27-15-9-16-30(35(27)45-5)46-21-11-20-39-19-10-14-25-12-7-6-8-13-25;5-3(6)1-2-4(7)8/h6-9,12-13,15-18,22,31,34,39H,10-11,14,19-21,23-24H2,1-5H3;1-2H,(H,5,6)(H,7,8)/t31-,34-;/m1./s1. The van der Waals surface area contributed by atoms with Gasteiger partial charge in [-0.3, -0.25) is 19.3 Å². The zero-order valence-electron chi connectivity index (χ0n) is 32.1. The fourth-order valence-corrected chi connectivity index (χ4v) is 5.81. The van der Waals surface area contributed by atoms with Crippen molar-refractivity contribution >= 4 is 47.1 Å². The number of fused-ring (bicyclic) bond motifs is 1. The molecule has 1 heterocycles. The van der Waals surface area contributed by atoms with Crippen LogP contribution in [0.15, 0.2) is 78.9 Å². The van der Waals surface area contributed by atoms with Gasteiger partial charge in [0, 0.05) is 28.3 Å². The molecule has 0 unspecified atom stereocenters. The number of halogens is 1. The lowest BCUT2D eigenvalue weighted by Gasteiger charge is -2.26. The van der Waals surface area contributed by atoms with Crippen molar-refractivity contribution in [3.8, 4) is 11.5 Å². The molecule has 0 aliphatic carbocycles. The molecule has 3 aromatic carbocycles. The van der Waals surface area contributed by atoms with Crippen LogP contribution in [0.3, 0.4) is 0 Å². The minimum Gasteiger partial charge on any atom is -0.492 e. The van der Waals surface area contributed by atoms with E-state index in [2.05, 4.69) is 29.6 Å². The molecule has 14 nitrogen and oxygen atoms in total. The third-order valence-electron chi connectivity index (χ3n) is 7.97. The van der Waals surface area contributed by atoms with Crippen LogP contribution in [-0.4, -0.2) is 92.2 Å². The number of hydrogen-bond donors (Lipinski definition) is 3. The SMILES string of the molecule is COC(=O)C[C@H]1O[C@H](c2cccc(OCCCNCCCc3ccccc3)c2OC)c2cc(Cl)ccc2N(CC(=O)OC(C)(C)C)C1=O.O=C(O)C=CC(=O)O. The molecule has 1 aliphatic heterocycles. The number of para-hydroxylation sites is 1. The van der Waals surface area contributed by atoms with Crippen LogP contribution in [-0.2, 0) is 44.6 Å². The van der Waals surface area contributed by atoms with Crippen LogP contribution in [0.4, 0.5) is 5.69 Å². The van der Waals surface area contributed by atoms with Crippen molar-refractivity contribution in [3.05, 3.63) is 101 Å². The van der Waals surface area contributed by atoms with Gasteiger partial charge in [-0.25, -0.2) is 9.59 Å². The number of aryl methyl sites for hydroxylation is 1. The molecule has 0 fully saturated rings. The topological polar surface area (TPSA) is 187 Å². The van der Waals surface area contributed by atoms with Gasteiger partial charge < -0.3 is 39.2 Å². The Balaban J connectivity index is 0.000000946. The van der Waals surface area contributed by atoms with Crippen LogP contribution >= 0.6 is 11.6 Å². The lowest BCUT2D eigenvalue weighted by molar-refractivity contribution is -0.154. The predicted octanol–water partition coefficient (Wildman–Crippen LogP) is 5.78. The first kappa shape index (κ1) is 45.0. The van der Waals surface area contributed by atoms with Crippen molar-refractivity contribution in [1.29, 1.82) is 0 Å². The van der Waals surface area contributed by atoms with E-state index in [-0.39, 0.29) is 6.42 Å². The van der Waals surface area contributed by atoms with E-state index in [1.807, 2.05) is 12.1 Å². The normalized spacial score (nSPS) is 15.2. The molecule has 1 aliphatic rings. The molecule has 15 heteroatoms. The van der Waals surface area contributed by atoms with E-state index in [4.69, 9.17) is 45.5 Å². The Hall–Kier alpha value is -5.44. The van der Waals surface area contributed by atoms with Crippen LogP contribution in [0.1, 0.15) is 62.8 Å². The maximum absolute atomic E-state index is 14.0. The summed E-state index contributed by atoms with van der Waals surface area (Å²) in [5, 5.41) is 19.5. The highest BCUT2D eigenvalue weighted by Gasteiger charge is 2.40. The number of benzene rings is 3. The first-order valence-electron chi connectivity index (χ1n) is 17.9. The summed E-state index contributed by atoms with van der Waals surface area (Å²) in [4.78, 5) is 59.8. The Bertz CT molecular complexity index is 1810. The molecular weight excluding hydrogens is 748 g/mol. The van der Waals surface area contributed by atoms with Crippen molar-refractivity contribution < 1.29 is 57.9 Å². The zero-order valence-corrected chi connectivity index (χ0v) is 32.9. The highest BCUT2D eigenvalue weighted by molar-refractivity contribution is 6.30. The molecule has 3 N–H and O–H groups in total. The quantitative estimate of drug-likeness (QED) is 0.0849. The molecule has 4 rings (SSSR count). The summed E-state index contributed by atoms with van der Waals surface area (Å²) in [6.45, 7) is 6.96. The van der Waals surface area contributed by atoms with E-state index in [9.17, 15) is 24.0 Å². The smallest absolute Gasteiger partial charge is 0.328 e. The lowest BCUT2D eigenvalue weighted by Crippen LogP contribution is -2.44. The van der Waals surface area contributed by atoms with E-state index < -0.39 is 54.1 Å². The van der Waals surface area contributed by atoms with Crippen LogP contribution in [0.25, 0.3) is 0 Å². The van der Waals surface area contributed by atoms with Crippen LogP contribution in [0.5, 0.6) is 11.5 Å². The Morgan fingerprint density at radius 2 is 1.57 bits per heavy atom. The van der Waals surface area contributed by atoms with Crippen LogP contribution in [0, 0.1) is 0 Å². The molecule has 0 saturated heterocycles. The number of anilines is 1. The van der Waals surface area contributed by atoms with Crippen molar-refractivity contribution in [2.24, 2.45) is 0 Å². The van der Waals surface area contributed by atoms with Gasteiger partial charge in [0.15, 0.2) is 11.5 Å². The number of carboxylic acid groups (broad SMARTS) is 2. The highest BCUT2D eigenvalue weighted by Crippen LogP contribution is 2.45. The minimum absolute atomic E-state index is 0.380. The average molecular weight is 797 g/mol. The summed E-state index contributed by atoms with van der Waals surface area (Å²) < 4.78 is 28.9. The molecule has 56 heavy (non-hydrogen) atoms. The molecule has 0 saturated carbocycles. The maximum Gasteiger partial charge on any atom is 0.328 e. The molecule has 2 atom stereocenters. The molecule has 0 aromatic heterocycles. The number of aliphatic carboxylic acids is 2. The van der Waals surface area contributed by atoms with Gasteiger partial charge in [-0.05, 0) is 83.0 Å². The van der Waals surface area contributed by atoms with Gasteiger partial charge >= 0.3 is 23.9 Å². The number of carbonyl (C=O) groups excluding carboxylic acids is 3. The van der Waals surface area contributed by atoms with Gasteiger partial charge in [-0.2, -0.15) is 0 Å². The predicted molar refractivity (Wildman–Crippen MR) is 208 cm³/mol. The molecule has 1 amide bonds. The Morgan fingerprint density at radius 1 is 0.893 bits per heavy atom. The number of nitrogens with zero attached hydrogens (tertiary/aromatic N) is 1.